The van der Waals surface area contributed by atoms with Crippen molar-refractivity contribution in [1.82, 2.24) is 4.57 Å². The van der Waals surface area contributed by atoms with Crippen molar-refractivity contribution in [3.8, 4) is 5.75 Å². The summed E-state index contributed by atoms with van der Waals surface area (Å²) in [5.74, 6) is -0.484. The van der Waals surface area contributed by atoms with Crippen LogP contribution in [0.4, 0.5) is 5.69 Å². The first-order chi connectivity index (χ1) is 14.1. The molecule has 0 spiro atoms. The zero-order valence-electron chi connectivity index (χ0n) is 17.0. The molecule has 0 radical (unpaired) electrons. The Morgan fingerprint density at radius 2 is 1.70 bits per heavy atom. The maximum atomic E-state index is 13.0. The Morgan fingerprint density at radius 1 is 1.07 bits per heavy atom. The minimum absolute atomic E-state index is 0.293. The Hall–Kier alpha value is -3.33. The average Bonchev–Trinajstić information content (AvgIpc) is 3.11. The van der Waals surface area contributed by atoms with Gasteiger partial charge < -0.3 is 9.47 Å². The van der Waals surface area contributed by atoms with Gasteiger partial charge in [0.2, 0.25) is 10.0 Å². The Labute approximate surface area is 174 Å². The van der Waals surface area contributed by atoms with Crippen molar-refractivity contribution >= 4 is 38.5 Å². The first kappa shape index (κ1) is 21.4. The molecule has 0 fully saturated rings. The van der Waals surface area contributed by atoms with Crippen molar-refractivity contribution in [3.63, 3.8) is 0 Å². The third kappa shape index (κ3) is 4.16. The molecule has 3 rings (SSSR count). The number of carbonyl (C=O) groups excluding carboxylic acids is 2. The van der Waals surface area contributed by atoms with Crippen molar-refractivity contribution in [2.24, 2.45) is 0 Å². The predicted molar refractivity (Wildman–Crippen MR) is 114 cm³/mol. The fraction of sp³-hybridized carbons (Fsp3) is 0.238. The molecule has 0 bridgehead atoms. The van der Waals surface area contributed by atoms with Crippen LogP contribution in [0.3, 0.4) is 0 Å². The second kappa shape index (κ2) is 8.19. The van der Waals surface area contributed by atoms with E-state index in [2.05, 4.69) is 0 Å². The number of hydrogen-bond donors (Lipinski definition) is 0. The van der Waals surface area contributed by atoms with E-state index >= 15 is 0 Å². The van der Waals surface area contributed by atoms with Crippen LogP contribution in [-0.4, -0.2) is 51.4 Å². The SMILES string of the molecule is COC(=O)c1cn(C(=O)[C@H](C)Oc2ccc(N(C)S(C)(=O)=O)cc2)c2ccccc12. The highest BCUT2D eigenvalue weighted by Gasteiger charge is 2.23. The molecule has 1 heterocycles. The molecule has 3 aromatic rings. The zero-order valence-corrected chi connectivity index (χ0v) is 17.8. The van der Waals surface area contributed by atoms with Gasteiger partial charge in [0.25, 0.3) is 5.91 Å². The van der Waals surface area contributed by atoms with Crippen LogP contribution < -0.4 is 9.04 Å². The number of ether oxygens (including phenoxy) is 2. The lowest BCUT2D eigenvalue weighted by Crippen LogP contribution is -2.29. The summed E-state index contributed by atoms with van der Waals surface area (Å²) in [5.41, 5.74) is 1.34. The molecule has 0 aliphatic heterocycles. The molecular weight excluding hydrogens is 408 g/mol. The van der Waals surface area contributed by atoms with Crippen molar-refractivity contribution in [3.05, 3.63) is 60.3 Å². The number of esters is 1. The van der Waals surface area contributed by atoms with Gasteiger partial charge in [-0.15, -0.1) is 0 Å². The van der Waals surface area contributed by atoms with E-state index in [9.17, 15) is 18.0 Å². The number of anilines is 1. The van der Waals surface area contributed by atoms with Gasteiger partial charge in [-0.2, -0.15) is 0 Å². The van der Waals surface area contributed by atoms with Gasteiger partial charge in [-0.3, -0.25) is 13.7 Å². The summed E-state index contributed by atoms with van der Waals surface area (Å²) in [7, 11) is -0.635. The number of aromatic nitrogens is 1. The zero-order chi connectivity index (χ0) is 22.1. The van der Waals surface area contributed by atoms with Gasteiger partial charge in [0.05, 0.1) is 30.1 Å². The first-order valence-corrected chi connectivity index (χ1v) is 10.9. The van der Waals surface area contributed by atoms with E-state index in [-0.39, 0.29) is 5.91 Å². The molecule has 30 heavy (non-hydrogen) atoms. The van der Waals surface area contributed by atoms with E-state index in [4.69, 9.17) is 9.47 Å². The fourth-order valence-electron chi connectivity index (χ4n) is 3.01. The second-order valence-electron chi connectivity index (χ2n) is 6.74. The molecule has 0 N–H and O–H groups in total. The van der Waals surface area contributed by atoms with Gasteiger partial charge in [-0.1, -0.05) is 18.2 Å². The van der Waals surface area contributed by atoms with Crippen LogP contribution in [0.1, 0.15) is 22.1 Å². The highest BCUT2D eigenvalue weighted by Crippen LogP contribution is 2.24. The van der Waals surface area contributed by atoms with Crippen LogP contribution in [0.15, 0.2) is 54.7 Å². The summed E-state index contributed by atoms with van der Waals surface area (Å²) in [6, 6.07) is 13.4. The van der Waals surface area contributed by atoms with E-state index in [1.54, 1.807) is 55.5 Å². The topological polar surface area (TPSA) is 94.9 Å². The summed E-state index contributed by atoms with van der Waals surface area (Å²) in [4.78, 5) is 25.0. The summed E-state index contributed by atoms with van der Waals surface area (Å²) in [6.45, 7) is 1.60. The normalized spacial score (nSPS) is 12.4. The Balaban J connectivity index is 1.84. The highest BCUT2D eigenvalue weighted by molar-refractivity contribution is 7.92. The lowest BCUT2D eigenvalue weighted by atomic mass is 10.2. The number of fused-ring (bicyclic) bond motifs is 1. The smallest absolute Gasteiger partial charge is 0.340 e. The largest absolute Gasteiger partial charge is 0.481 e. The molecule has 1 aromatic heterocycles. The van der Waals surface area contributed by atoms with E-state index in [0.29, 0.717) is 27.9 Å². The number of benzene rings is 2. The predicted octanol–water partition coefficient (Wildman–Crippen LogP) is 2.93. The van der Waals surface area contributed by atoms with Crippen LogP contribution in [-0.2, 0) is 14.8 Å². The molecule has 2 aromatic carbocycles. The second-order valence-corrected chi connectivity index (χ2v) is 8.76. The van der Waals surface area contributed by atoms with E-state index in [1.165, 1.54) is 24.9 Å². The summed E-state index contributed by atoms with van der Waals surface area (Å²) in [6.07, 6.45) is 1.70. The molecule has 158 valence electrons. The molecule has 1 atom stereocenters. The minimum atomic E-state index is -3.37. The number of rotatable bonds is 6. The van der Waals surface area contributed by atoms with Crippen LogP contribution in [0, 0.1) is 0 Å². The minimum Gasteiger partial charge on any atom is -0.481 e. The van der Waals surface area contributed by atoms with E-state index < -0.39 is 22.1 Å². The molecule has 0 saturated heterocycles. The third-order valence-corrected chi connectivity index (χ3v) is 5.92. The first-order valence-electron chi connectivity index (χ1n) is 9.06. The van der Waals surface area contributed by atoms with E-state index in [1.807, 2.05) is 0 Å². The van der Waals surface area contributed by atoms with Crippen molar-refractivity contribution in [2.75, 3.05) is 24.7 Å². The van der Waals surface area contributed by atoms with Gasteiger partial charge in [0, 0.05) is 18.6 Å². The van der Waals surface area contributed by atoms with E-state index in [0.717, 1.165) is 10.6 Å². The fourth-order valence-corrected chi connectivity index (χ4v) is 3.52. The quantitative estimate of drug-likeness (QED) is 0.558. The average molecular weight is 430 g/mol. The highest BCUT2D eigenvalue weighted by atomic mass is 32.2. The van der Waals surface area contributed by atoms with Crippen LogP contribution in [0.5, 0.6) is 5.75 Å². The van der Waals surface area contributed by atoms with Gasteiger partial charge in [0.1, 0.15) is 5.75 Å². The third-order valence-electron chi connectivity index (χ3n) is 4.71. The van der Waals surface area contributed by atoms with Crippen molar-refractivity contribution < 1.29 is 27.5 Å². The van der Waals surface area contributed by atoms with Crippen LogP contribution in [0.25, 0.3) is 10.9 Å². The molecule has 8 nitrogen and oxygen atoms in total. The molecule has 0 aliphatic carbocycles. The molecule has 0 saturated carbocycles. The number of nitrogens with zero attached hydrogens (tertiary/aromatic N) is 2. The van der Waals surface area contributed by atoms with Crippen molar-refractivity contribution in [2.45, 2.75) is 13.0 Å². The van der Waals surface area contributed by atoms with Gasteiger partial charge in [-0.25, -0.2) is 13.2 Å². The number of carbonyl (C=O) groups is 2. The monoisotopic (exact) mass is 430 g/mol. The van der Waals surface area contributed by atoms with Gasteiger partial charge >= 0.3 is 5.97 Å². The number of methoxy groups -OCH3 is 1. The standard InChI is InChI=1S/C21H22N2O6S/c1-14(29-16-11-9-15(10-12-16)22(2)30(4,26)27)20(24)23-13-18(21(25)28-3)17-7-5-6-8-19(17)23/h5-14H,1-4H3/t14-/m0/s1. The lowest BCUT2D eigenvalue weighted by Gasteiger charge is -2.18. The van der Waals surface area contributed by atoms with Crippen molar-refractivity contribution in [1.29, 1.82) is 0 Å². The Bertz CT molecular complexity index is 1200. The number of para-hydroxylation sites is 1. The molecule has 0 aliphatic rings. The van der Waals surface area contributed by atoms with Crippen LogP contribution >= 0.6 is 0 Å². The summed E-state index contributed by atoms with van der Waals surface area (Å²) < 4.78 is 36.3. The maximum absolute atomic E-state index is 13.0. The lowest BCUT2D eigenvalue weighted by molar-refractivity contribution is 0.0602. The van der Waals surface area contributed by atoms with Gasteiger partial charge in [-0.05, 0) is 37.3 Å². The molecule has 9 heteroatoms. The summed E-state index contributed by atoms with van der Waals surface area (Å²) >= 11 is 0. The van der Waals surface area contributed by atoms with Gasteiger partial charge in [0.15, 0.2) is 6.10 Å². The Kier molecular flexibility index (Phi) is 5.84. The number of sulfonamides is 1. The number of hydrogen-bond acceptors (Lipinski definition) is 6. The summed E-state index contributed by atoms with van der Waals surface area (Å²) in [5, 5.41) is 0.609. The Morgan fingerprint density at radius 3 is 2.30 bits per heavy atom. The molecule has 0 unspecified atom stereocenters. The molecular formula is C21H22N2O6S. The molecule has 0 amide bonds. The van der Waals surface area contributed by atoms with Crippen LogP contribution in [0.2, 0.25) is 0 Å². The maximum Gasteiger partial charge on any atom is 0.340 e.